The lowest BCUT2D eigenvalue weighted by molar-refractivity contribution is 0.162. The molecule has 1 saturated carbocycles. The average Bonchev–Trinajstić information content (AvgIpc) is 3.19. The first kappa shape index (κ1) is 12.2. The van der Waals surface area contributed by atoms with Gasteiger partial charge in [-0.15, -0.1) is 0 Å². The number of rotatable bonds is 3. The molecule has 2 N–H and O–H groups in total. The van der Waals surface area contributed by atoms with Crippen LogP contribution in [0.4, 0.5) is 0 Å². The number of likely N-dealkylation sites (tertiary alicyclic amines) is 1. The molecule has 2 nitrogen and oxygen atoms in total. The molecule has 2 atom stereocenters. The van der Waals surface area contributed by atoms with E-state index in [1.807, 2.05) is 0 Å². The largest absolute Gasteiger partial charge is 0.326 e. The first-order valence-corrected chi connectivity index (χ1v) is 7.30. The molecule has 2 aliphatic rings. The molecule has 2 unspecified atom stereocenters. The van der Waals surface area contributed by atoms with E-state index in [4.69, 9.17) is 5.73 Å². The van der Waals surface area contributed by atoms with Crippen molar-refractivity contribution in [2.24, 2.45) is 11.7 Å². The molecule has 1 saturated heterocycles. The van der Waals surface area contributed by atoms with Crippen molar-refractivity contribution in [1.82, 2.24) is 4.90 Å². The Morgan fingerprint density at radius 3 is 2.72 bits per heavy atom. The molecular formula is C16H24N2. The van der Waals surface area contributed by atoms with Gasteiger partial charge in [0, 0.05) is 19.1 Å². The zero-order chi connectivity index (χ0) is 12.5. The van der Waals surface area contributed by atoms with Crippen molar-refractivity contribution < 1.29 is 0 Å². The predicted molar refractivity (Wildman–Crippen MR) is 75.5 cm³/mol. The van der Waals surface area contributed by atoms with Crippen LogP contribution >= 0.6 is 0 Å². The number of nitrogens with zero attached hydrogens (tertiary/aromatic N) is 1. The van der Waals surface area contributed by atoms with Crippen molar-refractivity contribution in [3.05, 3.63) is 35.4 Å². The zero-order valence-corrected chi connectivity index (χ0v) is 11.3. The van der Waals surface area contributed by atoms with Gasteiger partial charge in [0.25, 0.3) is 0 Å². The van der Waals surface area contributed by atoms with Crippen LogP contribution in [0.5, 0.6) is 0 Å². The lowest BCUT2D eigenvalue weighted by Gasteiger charge is -2.35. The molecule has 1 heterocycles. The highest BCUT2D eigenvalue weighted by atomic mass is 15.1. The number of hydrogen-bond acceptors (Lipinski definition) is 2. The highest BCUT2D eigenvalue weighted by Gasteiger charge is 2.27. The standard InChI is InChI=1S/C16H24N2/c1-12-8-9-18(11-16(12)17)10-14-4-2-3-5-15(14)13-6-7-13/h2-5,12-13,16H,6-11,17H2,1H3. The van der Waals surface area contributed by atoms with Crippen LogP contribution in [0.25, 0.3) is 0 Å². The fraction of sp³-hybridized carbons (Fsp3) is 0.625. The monoisotopic (exact) mass is 244 g/mol. The summed E-state index contributed by atoms with van der Waals surface area (Å²) in [5.74, 6) is 1.53. The van der Waals surface area contributed by atoms with Crippen LogP contribution in [0.1, 0.15) is 43.2 Å². The lowest BCUT2D eigenvalue weighted by atomic mass is 9.93. The second-order valence-corrected chi connectivity index (χ2v) is 6.14. The first-order valence-electron chi connectivity index (χ1n) is 7.30. The summed E-state index contributed by atoms with van der Waals surface area (Å²) in [6.07, 6.45) is 4.01. The third-order valence-electron chi connectivity index (χ3n) is 4.57. The molecule has 3 rings (SSSR count). The summed E-state index contributed by atoms with van der Waals surface area (Å²) in [7, 11) is 0. The quantitative estimate of drug-likeness (QED) is 0.886. The normalized spacial score (nSPS) is 29.4. The Morgan fingerprint density at radius 2 is 2.00 bits per heavy atom. The number of hydrogen-bond donors (Lipinski definition) is 1. The number of nitrogens with two attached hydrogens (primary N) is 1. The van der Waals surface area contributed by atoms with E-state index < -0.39 is 0 Å². The van der Waals surface area contributed by atoms with Crippen molar-refractivity contribution in [1.29, 1.82) is 0 Å². The Balaban J connectivity index is 1.69. The first-order chi connectivity index (χ1) is 8.74. The maximum absolute atomic E-state index is 6.19. The van der Waals surface area contributed by atoms with Crippen molar-refractivity contribution in [2.45, 2.75) is 44.7 Å². The maximum atomic E-state index is 6.19. The van der Waals surface area contributed by atoms with Gasteiger partial charge in [-0.2, -0.15) is 0 Å². The van der Waals surface area contributed by atoms with E-state index in [2.05, 4.69) is 36.1 Å². The van der Waals surface area contributed by atoms with Crippen LogP contribution in [-0.2, 0) is 6.54 Å². The van der Waals surface area contributed by atoms with Gasteiger partial charge in [-0.25, -0.2) is 0 Å². The van der Waals surface area contributed by atoms with Gasteiger partial charge in [-0.1, -0.05) is 31.2 Å². The minimum Gasteiger partial charge on any atom is -0.326 e. The lowest BCUT2D eigenvalue weighted by Crippen LogP contribution is -2.47. The summed E-state index contributed by atoms with van der Waals surface area (Å²) in [6, 6.07) is 9.33. The molecule has 0 amide bonds. The molecule has 18 heavy (non-hydrogen) atoms. The van der Waals surface area contributed by atoms with E-state index >= 15 is 0 Å². The zero-order valence-electron chi connectivity index (χ0n) is 11.3. The van der Waals surface area contributed by atoms with Gasteiger partial charge in [-0.05, 0) is 48.8 Å². The Morgan fingerprint density at radius 1 is 1.22 bits per heavy atom. The fourth-order valence-electron chi connectivity index (χ4n) is 3.02. The maximum Gasteiger partial charge on any atom is 0.0237 e. The fourth-order valence-corrected chi connectivity index (χ4v) is 3.02. The summed E-state index contributed by atoms with van der Waals surface area (Å²) in [6.45, 7) is 5.63. The van der Waals surface area contributed by atoms with Gasteiger partial charge in [0.1, 0.15) is 0 Å². The SMILES string of the molecule is CC1CCN(Cc2ccccc2C2CC2)CC1N. The van der Waals surface area contributed by atoms with Gasteiger partial charge in [0.05, 0.1) is 0 Å². The van der Waals surface area contributed by atoms with Crippen LogP contribution in [0, 0.1) is 5.92 Å². The second-order valence-electron chi connectivity index (χ2n) is 6.14. The van der Waals surface area contributed by atoms with Crippen LogP contribution < -0.4 is 5.73 Å². The van der Waals surface area contributed by atoms with Crippen molar-refractivity contribution in [3.8, 4) is 0 Å². The molecule has 1 aromatic rings. The van der Waals surface area contributed by atoms with Crippen LogP contribution in [0.2, 0.25) is 0 Å². The summed E-state index contributed by atoms with van der Waals surface area (Å²) < 4.78 is 0. The molecular weight excluding hydrogens is 220 g/mol. The molecule has 0 radical (unpaired) electrons. The van der Waals surface area contributed by atoms with Gasteiger partial charge < -0.3 is 5.73 Å². The Kier molecular flexibility index (Phi) is 3.40. The number of benzene rings is 1. The minimum atomic E-state index is 0.354. The molecule has 0 bridgehead atoms. The van der Waals surface area contributed by atoms with Gasteiger partial charge in [0.15, 0.2) is 0 Å². The molecule has 2 heteroatoms. The third-order valence-corrected chi connectivity index (χ3v) is 4.57. The smallest absolute Gasteiger partial charge is 0.0237 e. The van der Waals surface area contributed by atoms with E-state index in [9.17, 15) is 0 Å². The van der Waals surface area contributed by atoms with Gasteiger partial charge in [0.2, 0.25) is 0 Å². The van der Waals surface area contributed by atoms with Crippen molar-refractivity contribution >= 4 is 0 Å². The van der Waals surface area contributed by atoms with E-state index in [1.165, 1.54) is 31.4 Å². The molecule has 1 aliphatic carbocycles. The molecule has 0 spiro atoms. The van der Waals surface area contributed by atoms with Gasteiger partial charge >= 0.3 is 0 Å². The summed E-state index contributed by atoms with van der Waals surface area (Å²) in [5.41, 5.74) is 9.31. The topological polar surface area (TPSA) is 29.3 Å². The Labute approximate surface area is 110 Å². The third kappa shape index (κ3) is 2.60. The molecule has 0 aromatic heterocycles. The predicted octanol–water partition coefficient (Wildman–Crippen LogP) is 2.73. The van der Waals surface area contributed by atoms with Gasteiger partial charge in [-0.3, -0.25) is 4.90 Å². The van der Waals surface area contributed by atoms with Crippen LogP contribution in [0.3, 0.4) is 0 Å². The molecule has 2 fully saturated rings. The summed E-state index contributed by atoms with van der Waals surface area (Å²) in [5, 5.41) is 0. The Hall–Kier alpha value is -0.860. The molecule has 1 aromatic carbocycles. The second kappa shape index (κ2) is 5.02. The summed E-state index contributed by atoms with van der Waals surface area (Å²) >= 11 is 0. The van der Waals surface area contributed by atoms with E-state index in [0.717, 1.165) is 19.0 Å². The van der Waals surface area contributed by atoms with Crippen LogP contribution in [-0.4, -0.2) is 24.0 Å². The molecule has 1 aliphatic heterocycles. The van der Waals surface area contributed by atoms with E-state index in [-0.39, 0.29) is 0 Å². The average molecular weight is 244 g/mol. The van der Waals surface area contributed by atoms with Crippen molar-refractivity contribution in [2.75, 3.05) is 13.1 Å². The van der Waals surface area contributed by atoms with E-state index in [0.29, 0.717) is 12.0 Å². The highest BCUT2D eigenvalue weighted by Crippen LogP contribution is 2.41. The molecule has 98 valence electrons. The number of piperidine rings is 1. The van der Waals surface area contributed by atoms with E-state index in [1.54, 1.807) is 5.56 Å². The summed E-state index contributed by atoms with van der Waals surface area (Å²) in [4.78, 5) is 2.53. The van der Waals surface area contributed by atoms with Crippen LogP contribution in [0.15, 0.2) is 24.3 Å². The van der Waals surface area contributed by atoms with Crippen molar-refractivity contribution in [3.63, 3.8) is 0 Å². The highest BCUT2D eigenvalue weighted by molar-refractivity contribution is 5.33. The Bertz CT molecular complexity index is 411. The minimum absolute atomic E-state index is 0.354.